The van der Waals surface area contributed by atoms with Crippen molar-refractivity contribution in [3.63, 3.8) is 0 Å². The first-order valence-electron chi connectivity index (χ1n) is 1.54. The molecule has 0 aromatic rings. The van der Waals surface area contributed by atoms with Gasteiger partial charge >= 0.3 is 0 Å². The summed E-state index contributed by atoms with van der Waals surface area (Å²) in [6.45, 7) is 0. The largest absolute Gasteiger partial charge is 0.270 e. The van der Waals surface area contributed by atoms with Gasteiger partial charge in [-0.3, -0.25) is 4.99 Å². The molecule has 1 aliphatic rings. The van der Waals surface area contributed by atoms with E-state index in [-0.39, 0.29) is 4.95 Å². The zero-order valence-corrected chi connectivity index (χ0v) is 5.37. The van der Waals surface area contributed by atoms with Crippen LogP contribution >= 0.6 is 27.7 Å². The molecule has 0 amide bonds. The van der Waals surface area contributed by atoms with E-state index >= 15 is 0 Å². The Morgan fingerprint density at radius 3 is 2.83 bits per heavy atom. The van der Waals surface area contributed by atoms with Gasteiger partial charge in [0.15, 0.2) is 0 Å². The molecule has 3 heteroatoms. The van der Waals surface area contributed by atoms with E-state index in [4.69, 9.17) is 0 Å². The zero-order valence-electron chi connectivity index (χ0n) is 2.97. The summed E-state index contributed by atoms with van der Waals surface area (Å²) in [6, 6.07) is 0. The molecule has 0 aromatic carbocycles. The third-order valence-electron chi connectivity index (χ3n) is 0.455. The number of rotatable bonds is 0. The Kier molecular flexibility index (Phi) is 1.54. The third kappa shape index (κ3) is 0.980. The van der Waals surface area contributed by atoms with Gasteiger partial charge in [-0.2, -0.15) is 0 Å². The summed E-state index contributed by atoms with van der Waals surface area (Å²) in [7, 11) is 0. The van der Waals surface area contributed by atoms with Gasteiger partial charge in [0.1, 0.15) is 4.95 Å². The Morgan fingerprint density at radius 1 is 1.83 bits per heavy atom. The summed E-state index contributed by atoms with van der Waals surface area (Å²) in [4.78, 5) is 4.20. The van der Waals surface area contributed by atoms with Crippen molar-refractivity contribution in [3.05, 3.63) is 5.75 Å². The van der Waals surface area contributed by atoms with Gasteiger partial charge in [-0.25, -0.2) is 0 Å². The van der Waals surface area contributed by atoms with Gasteiger partial charge in [0.25, 0.3) is 0 Å². The predicted octanol–water partition coefficient (Wildman–Crippen LogP) is 1.64. The van der Waals surface area contributed by atoms with Crippen LogP contribution < -0.4 is 0 Å². The maximum absolute atomic E-state index is 3.94. The summed E-state index contributed by atoms with van der Waals surface area (Å²) in [6.07, 6.45) is 0. The van der Waals surface area contributed by atoms with Crippen LogP contribution in [-0.2, 0) is 0 Å². The van der Waals surface area contributed by atoms with E-state index < -0.39 is 0 Å². The Morgan fingerprint density at radius 2 is 2.67 bits per heavy atom. The van der Waals surface area contributed by atoms with E-state index in [1.54, 1.807) is 11.8 Å². The topological polar surface area (TPSA) is 12.4 Å². The van der Waals surface area contributed by atoms with Crippen molar-refractivity contribution in [2.24, 2.45) is 4.99 Å². The molecule has 1 nitrogen and oxygen atoms in total. The highest BCUT2D eigenvalue weighted by Gasteiger charge is 2.03. The molecule has 0 bridgehead atoms. The van der Waals surface area contributed by atoms with E-state index in [2.05, 4.69) is 20.9 Å². The molecule has 1 aliphatic heterocycles. The van der Waals surface area contributed by atoms with Crippen molar-refractivity contribution < 1.29 is 0 Å². The van der Waals surface area contributed by atoms with E-state index in [1.165, 1.54) is 0 Å². The van der Waals surface area contributed by atoms with Crippen LogP contribution in [0.1, 0.15) is 0 Å². The fourth-order valence-corrected chi connectivity index (χ4v) is 1.35. The average molecular weight is 165 g/mol. The fourth-order valence-electron chi connectivity index (χ4n) is 0.228. The summed E-state index contributed by atoms with van der Waals surface area (Å²) >= 11 is 4.88. The van der Waals surface area contributed by atoms with Crippen LogP contribution in [0.2, 0.25) is 0 Å². The first-order chi connectivity index (χ1) is 2.89. The molecule has 1 unspecified atom stereocenters. The second-order valence-electron chi connectivity index (χ2n) is 0.899. The fraction of sp³-hybridized carbons (Fsp3) is 0.333. The minimum atomic E-state index is 0.266. The maximum atomic E-state index is 3.94. The Hall–Kier alpha value is 0.500. The molecule has 6 heavy (non-hydrogen) atoms. The number of alkyl halides is 1. The highest BCUT2D eigenvalue weighted by atomic mass is 79.9. The molecule has 0 spiro atoms. The van der Waals surface area contributed by atoms with Crippen molar-refractivity contribution in [1.29, 1.82) is 0 Å². The Balaban J connectivity index is 2.38. The maximum Gasteiger partial charge on any atom is 0.119 e. The molecule has 1 rings (SSSR count). The van der Waals surface area contributed by atoms with Crippen LogP contribution in [0.25, 0.3) is 0 Å². The van der Waals surface area contributed by atoms with Gasteiger partial charge in [0.2, 0.25) is 0 Å². The lowest BCUT2D eigenvalue weighted by molar-refractivity contribution is 1.19. The van der Waals surface area contributed by atoms with E-state index in [1.807, 2.05) is 11.3 Å². The number of halogens is 1. The van der Waals surface area contributed by atoms with Gasteiger partial charge in [0, 0.05) is 0 Å². The van der Waals surface area contributed by atoms with Crippen LogP contribution in [-0.4, -0.2) is 10.5 Å². The van der Waals surface area contributed by atoms with Crippen molar-refractivity contribution in [1.82, 2.24) is 0 Å². The average Bonchev–Trinajstić information content (AvgIpc) is 1.86. The molecule has 1 atom stereocenters. The van der Waals surface area contributed by atoms with Crippen molar-refractivity contribution in [2.45, 2.75) is 4.95 Å². The van der Waals surface area contributed by atoms with Crippen LogP contribution in [0.3, 0.4) is 0 Å². The van der Waals surface area contributed by atoms with Gasteiger partial charge < -0.3 is 0 Å². The highest BCUT2D eigenvalue weighted by Crippen LogP contribution is 2.20. The van der Waals surface area contributed by atoms with E-state index in [0.29, 0.717) is 0 Å². The monoisotopic (exact) mass is 164 g/mol. The van der Waals surface area contributed by atoms with Crippen molar-refractivity contribution >= 4 is 33.2 Å². The van der Waals surface area contributed by atoms with Gasteiger partial charge in [-0.1, -0.05) is 15.9 Å². The molecule has 1 heterocycles. The number of nitrogens with zero attached hydrogens (tertiary/aromatic N) is 1. The lowest BCUT2D eigenvalue weighted by atomic mass is 10.8. The van der Waals surface area contributed by atoms with Crippen LogP contribution in [0.5, 0.6) is 0 Å². The van der Waals surface area contributed by atoms with Crippen LogP contribution in [0, 0.1) is 5.75 Å². The molecule has 33 valence electrons. The summed E-state index contributed by atoms with van der Waals surface area (Å²) in [5, 5.41) is 0. The molecule has 1 radical (unpaired) electrons. The predicted molar refractivity (Wildman–Crippen MR) is 33.1 cm³/mol. The minimum absolute atomic E-state index is 0.266. The summed E-state index contributed by atoms with van der Waals surface area (Å²) in [5.74, 6) is 2.01. The van der Waals surface area contributed by atoms with E-state index in [9.17, 15) is 0 Å². The molecule has 0 saturated heterocycles. The smallest absolute Gasteiger partial charge is 0.119 e. The number of aliphatic imine (C=N–C) groups is 1. The number of hydrogen-bond acceptors (Lipinski definition) is 2. The van der Waals surface area contributed by atoms with Crippen molar-refractivity contribution in [2.75, 3.05) is 0 Å². The first kappa shape index (κ1) is 4.65. The molecular weight excluding hydrogens is 162 g/mol. The minimum Gasteiger partial charge on any atom is -0.270 e. The van der Waals surface area contributed by atoms with Crippen LogP contribution in [0.15, 0.2) is 4.99 Å². The second-order valence-corrected chi connectivity index (χ2v) is 2.59. The second kappa shape index (κ2) is 1.98. The highest BCUT2D eigenvalue weighted by molar-refractivity contribution is 9.09. The lowest BCUT2D eigenvalue weighted by Crippen LogP contribution is -1.79. The molecule has 0 saturated carbocycles. The summed E-state index contributed by atoms with van der Waals surface area (Å²) < 4.78 is 0. The van der Waals surface area contributed by atoms with Gasteiger partial charge in [0.05, 0.1) is 11.3 Å². The molecule has 0 N–H and O–H groups in total. The third-order valence-corrected chi connectivity index (χ3v) is 1.96. The Labute approximate surface area is 49.3 Å². The quantitative estimate of drug-likeness (QED) is 0.392. The van der Waals surface area contributed by atoms with Gasteiger partial charge in [-0.05, 0) is 0 Å². The van der Waals surface area contributed by atoms with Crippen molar-refractivity contribution in [3.8, 4) is 0 Å². The van der Waals surface area contributed by atoms with Gasteiger partial charge in [-0.15, -0.1) is 11.8 Å². The molecule has 0 aromatic heterocycles. The molecular formula is C3H3BrNS. The molecule has 0 fully saturated rings. The summed E-state index contributed by atoms with van der Waals surface area (Å²) in [5.41, 5.74) is 1.82. The Bertz CT molecular complexity index is 73.2. The lowest BCUT2D eigenvalue weighted by Gasteiger charge is -1.84. The number of hydrogen-bond donors (Lipinski definition) is 0. The first-order valence-corrected chi connectivity index (χ1v) is 3.40. The standard InChI is InChI=1S/C3H3BrNS/c4-3-1-6-2-5-3/h1-3H. The number of thioether (sulfide) groups is 1. The normalized spacial score (nSPS) is 31.8. The van der Waals surface area contributed by atoms with Crippen LogP contribution in [0.4, 0.5) is 0 Å². The van der Waals surface area contributed by atoms with E-state index in [0.717, 1.165) is 0 Å². The molecule has 0 aliphatic carbocycles. The SMILES string of the molecule is BrC1[CH]SC=N1. The zero-order chi connectivity index (χ0) is 4.41.